The third kappa shape index (κ3) is 4.25. The summed E-state index contributed by atoms with van der Waals surface area (Å²) in [7, 11) is 0. The van der Waals surface area contributed by atoms with E-state index in [4.69, 9.17) is 4.74 Å². The van der Waals surface area contributed by atoms with Gasteiger partial charge in [0.15, 0.2) is 5.82 Å². The summed E-state index contributed by atoms with van der Waals surface area (Å²) in [5.41, 5.74) is 1.81. The first-order valence-electron chi connectivity index (χ1n) is 10.00. The Kier molecular flexibility index (Phi) is 5.71. The van der Waals surface area contributed by atoms with Crippen molar-refractivity contribution in [3.8, 4) is 0 Å². The van der Waals surface area contributed by atoms with E-state index in [1.807, 2.05) is 48.2 Å². The molecule has 2 fully saturated rings. The van der Waals surface area contributed by atoms with E-state index in [9.17, 15) is 4.79 Å². The first-order valence-corrected chi connectivity index (χ1v) is 10.00. The minimum absolute atomic E-state index is 0.109. The summed E-state index contributed by atoms with van der Waals surface area (Å²) >= 11 is 0. The van der Waals surface area contributed by atoms with Crippen molar-refractivity contribution in [1.82, 2.24) is 15.1 Å². The van der Waals surface area contributed by atoms with Crippen molar-refractivity contribution < 1.29 is 9.53 Å². The largest absolute Gasteiger partial charge is 0.376 e. The topological polar surface area (TPSA) is 70.6 Å². The third-order valence-corrected chi connectivity index (χ3v) is 5.45. The van der Waals surface area contributed by atoms with Gasteiger partial charge in [0, 0.05) is 44.9 Å². The van der Waals surface area contributed by atoms with Crippen LogP contribution in [0.2, 0.25) is 0 Å². The van der Waals surface area contributed by atoms with Crippen LogP contribution in [-0.4, -0.2) is 66.4 Å². The lowest BCUT2D eigenvalue weighted by molar-refractivity contribution is 0.0745. The predicted octanol–water partition coefficient (Wildman–Crippen LogP) is 2.34. The minimum Gasteiger partial charge on any atom is -0.376 e. The van der Waals surface area contributed by atoms with Crippen LogP contribution in [0.4, 0.5) is 11.6 Å². The highest BCUT2D eigenvalue weighted by molar-refractivity contribution is 5.95. The molecule has 1 unspecified atom stereocenters. The predicted molar refractivity (Wildman–Crippen MR) is 109 cm³/mol. The Morgan fingerprint density at radius 1 is 1.14 bits per heavy atom. The minimum atomic E-state index is 0.109. The van der Waals surface area contributed by atoms with Gasteiger partial charge in [-0.25, -0.2) is 0 Å². The molecule has 1 amide bonds. The molecule has 7 nitrogen and oxygen atoms in total. The molecule has 0 bridgehead atoms. The zero-order valence-electron chi connectivity index (χ0n) is 16.3. The number of carbonyl (C=O) groups excluding carboxylic acids is 1. The second-order valence-electron chi connectivity index (χ2n) is 7.39. The van der Waals surface area contributed by atoms with E-state index in [2.05, 4.69) is 20.4 Å². The van der Waals surface area contributed by atoms with Crippen LogP contribution < -0.4 is 10.2 Å². The molecule has 28 heavy (non-hydrogen) atoms. The summed E-state index contributed by atoms with van der Waals surface area (Å²) in [6.07, 6.45) is 2.51. The van der Waals surface area contributed by atoms with E-state index in [1.165, 1.54) is 0 Å². The van der Waals surface area contributed by atoms with Gasteiger partial charge in [-0.05, 0) is 43.5 Å². The first-order chi connectivity index (χ1) is 13.7. The van der Waals surface area contributed by atoms with Gasteiger partial charge in [-0.1, -0.05) is 18.2 Å². The highest BCUT2D eigenvalue weighted by atomic mass is 16.5. The molecule has 1 aromatic heterocycles. The van der Waals surface area contributed by atoms with Crippen molar-refractivity contribution in [1.29, 1.82) is 0 Å². The summed E-state index contributed by atoms with van der Waals surface area (Å²) < 4.78 is 5.61. The lowest BCUT2D eigenvalue weighted by atomic mass is 10.1. The summed E-state index contributed by atoms with van der Waals surface area (Å²) in [5.74, 6) is 1.73. The second-order valence-corrected chi connectivity index (χ2v) is 7.39. The second kappa shape index (κ2) is 8.56. The number of nitrogens with zero attached hydrogens (tertiary/aromatic N) is 4. The molecule has 1 atom stereocenters. The van der Waals surface area contributed by atoms with Crippen LogP contribution in [0.5, 0.6) is 0 Å². The van der Waals surface area contributed by atoms with Gasteiger partial charge in [-0.2, -0.15) is 0 Å². The molecule has 2 saturated heterocycles. The molecule has 1 aromatic carbocycles. The van der Waals surface area contributed by atoms with Gasteiger partial charge < -0.3 is 19.9 Å². The normalized spacial score (nSPS) is 19.7. The van der Waals surface area contributed by atoms with Gasteiger partial charge >= 0.3 is 0 Å². The van der Waals surface area contributed by atoms with E-state index in [-0.39, 0.29) is 12.0 Å². The van der Waals surface area contributed by atoms with Crippen LogP contribution in [0.3, 0.4) is 0 Å². The van der Waals surface area contributed by atoms with E-state index < -0.39 is 0 Å². The zero-order valence-corrected chi connectivity index (χ0v) is 16.3. The quantitative estimate of drug-likeness (QED) is 0.857. The average Bonchev–Trinajstić information content (AvgIpc) is 3.26. The molecular weight excluding hydrogens is 354 g/mol. The van der Waals surface area contributed by atoms with Crippen molar-refractivity contribution in [2.45, 2.75) is 25.9 Å². The molecule has 0 aliphatic carbocycles. The number of hydrogen-bond acceptors (Lipinski definition) is 6. The average molecular weight is 381 g/mol. The third-order valence-electron chi connectivity index (χ3n) is 5.45. The van der Waals surface area contributed by atoms with Crippen molar-refractivity contribution in [3.05, 3.63) is 47.5 Å². The highest BCUT2D eigenvalue weighted by Crippen LogP contribution is 2.18. The summed E-state index contributed by atoms with van der Waals surface area (Å²) in [6.45, 7) is 6.50. The van der Waals surface area contributed by atoms with Crippen LogP contribution in [0.1, 0.15) is 28.8 Å². The van der Waals surface area contributed by atoms with Gasteiger partial charge in [-0.15, -0.1) is 10.2 Å². The summed E-state index contributed by atoms with van der Waals surface area (Å²) in [5, 5.41) is 11.9. The van der Waals surface area contributed by atoms with Gasteiger partial charge in [0.05, 0.1) is 6.10 Å². The highest BCUT2D eigenvalue weighted by Gasteiger charge is 2.24. The number of aryl methyl sites for hydroxylation is 1. The van der Waals surface area contributed by atoms with Crippen LogP contribution in [0, 0.1) is 6.92 Å². The molecule has 2 aliphatic rings. The molecule has 7 heteroatoms. The molecular formula is C21H27N5O2. The van der Waals surface area contributed by atoms with E-state index >= 15 is 0 Å². The fraction of sp³-hybridized carbons (Fsp3) is 0.476. The number of benzene rings is 1. The lowest BCUT2D eigenvalue weighted by Gasteiger charge is -2.35. The van der Waals surface area contributed by atoms with Gasteiger partial charge in [0.25, 0.3) is 5.91 Å². The SMILES string of the molecule is Cc1ccccc1C(=O)N1CCN(c2ccc(NCC3CCCO3)nn2)CC1. The molecule has 3 heterocycles. The fourth-order valence-corrected chi connectivity index (χ4v) is 3.73. The van der Waals surface area contributed by atoms with E-state index in [0.717, 1.165) is 61.8 Å². The maximum atomic E-state index is 12.8. The van der Waals surface area contributed by atoms with Crippen molar-refractivity contribution >= 4 is 17.5 Å². The molecule has 0 spiro atoms. The number of hydrogen-bond donors (Lipinski definition) is 1. The van der Waals surface area contributed by atoms with Gasteiger partial charge in [-0.3, -0.25) is 4.79 Å². The number of amides is 1. The monoisotopic (exact) mass is 381 g/mol. The molecule has 0 saturated carbocycles. The van der Waals surface area contributed by atoms with Crippen LogP contribution in [0.25, 0.3) is 0 Å². The Hall–Kier alpha value is -2.67. The lowest BCUT2D eigenvalue weighted by Crippen LogP contribution is -2.49. The molecule has 2 aliphatic heterocycles. The first kappa shape index (κ1) is 18.7. The molecule has 4 rings (SSSR count). The van der Waals surface area contributed by atoms with E-state index in [0.29, 0.717) is 13.1 Å². The number of carbonyl (C=O) groups is 1. The maximum absolute atomic E-state index is 12.8. The molecule has 1 N–H and O–H groups in total. The van der Waals surface area contributed by atoms with Crippen LogP contribution in [-0.2, 0) is 4.74 Å². The summed E-state index contributed by atoms with van der Waals surface area (Å²) in [6, 6.07) is 11.7. The Morgan fingerprint density at radius 2 is 1.96 bits per heavy atom. The smallest absolute Gasteiger partial charge is 0.254 e. The summed E-state index contributed by atoms with van der Waals surface area (Å²) in [4.78, 5) is 16.8. The Morgan fingerprint density at radius 3 is 2.64 bits per heavy atom. The Labute approximate surface area is 165 Å². The van der Waals surface area contributed by atoms with E-state index in [1.54, 1.807) is 0 Å². The standard InChI is InChI=1S/C21H27N5O2/c1-16-5-2-3-7-18(16)21(27)26-12-10-25(11-13-26)20-9-8-19(23-24-20)22-15-17-6-4-14-28-17/h2-3,5,7-9,17H,4,6,10-15H2,1H3,(H,22,23). The van der Waals surface area contributed by atoms with Gasteiger partial charge in [0.2, 0.25) is 0 Å². The number of rotatable bonds is 5. The molecule has 0 radical (unpaired) electrons. The number of ether oxygens (including phenoxy) is 1. The molecule has 148 valence electrons. The number of aromatic nitrogens is 2. The molecule has 2 aromatic rings. The van der Waals surface area contributed by atoms with Gasteiger partial charge in [0.1, 0.15) is 5.82 Å². The fourth-order valence-electron chi connectivity index (χ4n) is 3.73. The van der Waals surface area contributed by atoms with Crippen molar-refractivity contribution in [2.75, 3.05) is 49.5 Å². The maximum Gasteiger partial charge on any atom is 0.254 e. The zero-order chi connectivity index (χ0) is 19.3. The number of anilines is 2. The van der Waals surface area contributed by atoms with Crippen LogP contribution >= 0.6 is 0 Å². The number of piperazine rings is 1. The van der Waals surface area contributed by atoms with Crippen LogP contribution in [0.15, 0.2) is 36.4 Å². The Bertz CT molecular complexity index is 797. The van der Waals surface area contributed by atoms with Crippen molar-refractivity contribution in [3.63, 3.8) is 0 Å². The number of nitrogens with one attached hydrogen (secondary N) is 1. The van der Waals surface area contributed by atoms with Crippen molar-refractivity contribution in [2.24, 2.45) is 0 Å². The Balaban J connectivity index is 1.29.